The average Bonchev–Trinajstić information content (AvgIpc) is 2.71. The van der Waals surface area contributed by atoms with Crippen LogP contribution in [0.25, 0.3) is 0 Å². The van der Waals surface area contributed by atoms with Crippen LogP contribution in [0.15, 0.2) is 17.1 Å². The third-order valence-corrected chi connectivity index (χ3v) is 4.61. The number of carbonyl (C=O) groups excluding carboxylic acids is 1. The molecule has 1 aromatic carbocycles. The highest BCUT2D eigenvalue weighted by Gasteiger charge is 2.41. The zero-order valence-electron chi connectivity index (χ0n) is 13.2. The Kier molecular flexibility index (Phi) is 3.36. The Bertz CT molecular complexity index is 626. The van der Waals surface area contributed by atoms with Gasteiger partial charge in [0.1, 0.15) is 5.71 Å². The number of rotatable bonds is 1. The number of amides is 1. The molecule has 1 amide bonds. The van der Waals surface area contributed by atoms with Gasteiger partial charge in [-0.05, 0) is 50.5 Å². The molecule has 21 heavy (non-hydrogen) atoms. The lowest BCUT2D eigenvalue weighted by atomic mass is 9.80. The second-order valence-electron chi connectivity index (χ2n) is 6.44. The van der Waals surface area contributed by atoms with Crippen LogP contribution >= 0.6 is 0 Å². The van der Waals surface area contributed by atoms with E-state index < -0.39 is 0 Å². The third kappa shape index (κ3) is 2.27. The first-order chi connectivity index (χ1) is 9.91. The topological polar surface area (TPSA) is 41.9 Å². The molecule has 0 N–H and O–H groups in total. The molecular weight excluding hydrogens is 264 g/mol. The lowest BCUT2D eigenvalue weighted by Crippen LogP contribution is -2.47. The van der Waals surface area contributed by atoms with Gasteiger partial charge in [0.2, 0.25) is 0 Å². The van der Waals surface area contributed by atoms with Gasteiger partial charge in [-0.1, -0.05) is 6.07 Å². The molecule has 0 aromatic heterocycles. The molecule has 4 nitrogen and oxygen atoms in total. The Morgan fingerprint density at radius 2 is 1.81 bits per heavy atom. The summed E-state index contributed by atoms with van der Waals surface area (Å²) in [5.41, 5.74) is 4.89. The van der Waals surface area contributed by atoms with Crippen molar-refractivity contribution in [3.8, 4) is 0 Å². The number of morpholine rings is 1. The minimum absolute atomic E-state index is 0.0507. The molecule has 0 unspecified atom stereocenters. The summed E-state index contributed by atoms with van der Waals surface area (Å²) in [5.74, 6) is 0.0507. The highest BCUT2D eigenvalue weighted by molar-refractivity contribution is 6.43. The molecule has 0 atom stereocenters. The third-order valence-electron chi connectivity index (χ3n) is 4.61. The van der Waals surface area contributed by atoms with Gasteiger partial charge < -0.3 is 9.64 Å². The van der Waals surface area contributed by atoms with Crippen molar-refractivity contribution in [2.45, 2.75) is 33.1 Å². The monoisotopic (exact) mass is 286 g/mol. The second-order valence-corrected chi connectivity index (χ2v) is 6.44. The molecule has 2 heterocycles. The van der Waals surface area contributed by atoms with Gasteiger partial charge in [-0.15, -0.1) is 0 Å². The number of benzene rings is 1. The molecule has 112 valence electrons. The van der Waals surface area contributed by atoms with Gasteiger partial charge in [-0.2, -0.15) is 0 Å². The average molecular weight is 286 g/mol. The van der Waals surface area contributed by atoms with Gasteiger partial charge in [0.05, 0.1) is 18.9 Å². The smallest absolute Gasteiger partial charge is 0.269 e. The molecule has 2 aliphatic heterocycles. The van der Waals surface area contributed by atoms with Crippen LogP contribution in [0.5, 0.6) is 0 Å². The first-order valence-electron chi connectivity index (χ1n) is 7.49. The molecule has 1 saturated heterocycles. The molecule has 0 saturated carbocycles. The predicted molar refractivity (Wildman–Crippen MR) is 83.4 cm³/mol. The number of aryl methyl sites for hydroxylation is 2. The van der Waals surface area contributed by atoms with Crippen LogP contribution in [0.3, 0.4) is 0 Å². The Labute approximate surface area is 125 Å². The summed E-state index contributed by atoms with van der Waals surface area (Å²) in [7, 11) is 0. The highest BCUT2D eigenvalue weighted by atomic mass is 16.5. The zero-order chi connectivity index (χ0) is 15.2. The summed E-state index contributed by atoms with van der Waals surface area (Å²) in [6.45, 7) is 10.9. The van der Waals surface area contributed by atoms with Crippen molar-refractivity contribution in [2.24, 2.45) is 4.99 Å². The van der Waals surface area contributed by atoms with Gasteiger partial charge in [0.15, 0.2) is 0 Å². The molecule has 4 heteroatoms. The maximum atomic E-state index is 12.8. The molecule has 1 aromatic rings. The van der Waals surface area contributed by atoms with E-state index in [1.165, 1.54) is 11.1 Å². The molecular formula is C17H22N2O2. The molecule has 1 fully saturated rings. The van der Waals surface area contributed by atoms with Crippen LogP contribution < -0.4 is 0 Å². The standard InChI is InChI=1S/C17H22N2O2/c1-11-9-13-14(10-12(11)2)18-15(17(13,3)4)16(20)19-5-7-21-8-6-19/h9-10H,5-8H2,1-4H3. The number of carbonyl (C=O) groups is 1. The van der Waals surface area contributed by atoms with Gasteiger partial charge in [-0.3, -0.25) is 4.79 Å². The Morgan fingerprint density at radius 1 is 1.19 bits per heavy atom. The number of fused-ring (bicyclic) bond motifs is 1. The van der Waals surface area contributed by atoms with Crippen molar-refractivity contribution >= 4 is 17.3 Å². The fraction of sp³-hybridized carbons (Fsp3) is 0.529. The predicted octanol–water partition coefficient (Wildman–Crippen LogP) is 2.53. The first-order valence-corrected chi connectivity index (χ1v) is 7.49. The first kappa shape index (κ1) is 14.3. The van der Waals surface area contributed by atoms with E-state index in [4.69, 9.17) is 4.74 Å². The number of hydrogen-bond donors (Lipinski definition) is 0. The summed E-state index contributed by atoms with van der Waals surface area (Å²) in [5, 5.41) is 0. The van der Waals surface area contributed by atoms with Crippen molar-refractivity contribution in [1.29, 1.82) is 0 Å². The lowest BCUT2D eigenvalue weighted by molar-refractivity contribution is -0.128. The quantitative estimate of drug-likeness (QED) is 0.796. The number of hydrogen-bond acceptors (Lipinski definition) is 3. The SMILES string of the molecule is Cc1cc2c(cc1C)C(C)(C)C(C(=O)N1CCOCC1)=N2. The van der Waals surface area contributed by atoms with E-state index in [2.05, 4.69) is 44.8 Å². The van der Waals surface area contributed by atoms with Crippen molar-refractivity contribution in [3.63, 3.8) is 0 Å². The Morgan fingerprint density at radius 3 is 2.48 bits per heavy atom. The zero-order valence-corrected chi connectivity index (χ0v) is 13.2. The van der Waals surface area contributed by atoms with Gasteiger partial charge in [0.25, 0.3) is 5.91 Å². The largest absolute Gasteiger partial charge is 0.378 e. The Hall–Kier alpha value is -1.68. The lowest BCUT2D eigenvalue weighted by Gasteiger charge is -2.30. The minimum Gasteiger partial charge on any atom is -0.378 e. The van der Waals surface area contributed by atoms with Crippen LogP contribution in [0.1, 0.15) is 30.5 Å². The van der Waals surface area contributed by atoms with E-state index in [0.717, 1.165) is 11.3 Å². The van der Waals surface area contributed by atoms with Crippen molar-refractivity contribution in [1.82, 2.24) is 4.90 Å². The van der Waals surface area contributed by atoms with Gasteiger partial charge in [0, 0.05) is 18.5 Å². The number of ether oxygens (including phenoxy) is 1. The van der Waals surface area contributed by atoms with Crippen molar-refractivity contribution < 1.29 is 9.53 Å². The van der Waals surface area contributed by atoms with Crippen LogP contribution in [0.4, 0.5) is 5.69 Å². The molecule has 2 aliphatic rings. The van der Waals surface area contributed by atoms with Gasteiger partial charge in [-0.25, -0.2) is 4.99 Å². The molecule has 3 rings (SSSR count). The fourth-order valence-electron chi connectivity index (χ4n) is 3.01. The summed E-state index contributed by atoms with van der Waals surface area (Å²) in [6.07, 6.45) is 0. The second kappa shape index (κ2) is 4.95. The van der Waals surface area contributed by atoms with Crippen molar-refractivity contribution in [2.75, 3.05) is 26.3 Å². The van der Waals surface area contributed by atoms with Crippen molar-refractivity contribution in [3.05, 3.63) is 28.8 Å². The van der Waals surface area contributed by atoms with Crippen LogP contribution in [-0.2, 0) is 14.9 Å². The minimum atomic E-state index is -0.330. The summed E-state index contributed by atoms with van der Waals surface area (Å²) >= 11 is 0. The normalized spacial score (nSPS) is 20.2. The van der Waals surface area contributed by atoms with E-state index in [0.29, 0.717) is 32.0 Å². The van der Waals surface area contributed by atoms with Crippen LogP contribution in [0.2, 0.25) is 0 Å². The van der Waals surface area contributed by atoms with E-state index in [1.807, 2.05) is 4.90 Å². The fourth-order valence-corrected chi connectivity index (χ4v) is 3.01. The van der Waals surface area contributed by atoms with Crippen LogP contribution in [-0.4, -0.2) is 42.8 Å². The van der Waals surface area contributed by atoms with E-state index in [9.17, 15) is 4.79 Å². The molecule has 0 aliphatic carbocycles. The molecule has 0 spiro atoms. The molecule has 0 radical (unpaired) electrons. The van der Waals surface area contributed by atoms with E-state index in [-0.39, 0.29) is 11.3 Å². The summed E-state index contributed by atoms with van der Waals surface area (Å²) in [4.78, 5) is 19.3. The maximum absolute atomic E-state index is 12.8. The maximum Gasteiger partial charge on any atom is 0.269 e. The summed E-state index contributed by atoms with van der Waals surface area (Å²) in [6, 6.07) is 4.26. The van der Waals surface area contributed by atoms with E-state index >= 15 is 0 Å². The Balaban J connectivity index is 1.97. The molecule has 0 bridgehead atoms. The number of nitrogens with zero attached hydrogens (tertiary/aromatic N) is 2. The van der Waals surface area contributed by atoms with E-state index in [1.54, 1.807) is 0 Å². The van der Waals surface area contributed by atoms with Gasteiger partial charge >= 0.3 is 0 Å². The number of aliphatic imine (C=N–C) groups is 1. The summed E-state index contributed by atoms with van der Waals surface area (Å²) < 4.78 is 5.32. The van der Waals surface area contributed by atoms with Crippen LogP contribution in [0, 0.1) is 13.8 Å². The highest BCUT2D eigenvalue weighted by Crippen LogP contribution is 2.41.